The van der Waals surface area contributed by atoms with Crippen molar-refractivity contribution in [3.63, 3.8) is 0 Å². The summed E-state index contributed by atoms with van der Waals surface area (Å²) in [5.74, 6) is 0. The van der Waals surface area contributed by atoms with Crippen LogP contribution in [0, 0.1) is 0 Å². The molecule has 0 heterocycles. The van der Waals surface area contributed by atoms with Crippen molar-refractivity contribution in [2.24, 2.45) is 0 Å². The maximum atomic E-state index is 3.48. The first-order chi connectivity index (χ1) is 9.10. The lowest BCUT2D eigenvalue weighted by atomic mass is 9.80. The molecule has 19 heavy (non-hydrogen) atoms. The molecule has 0 aliphatic heterocycles. The smallest absolute Gasteiger partial charge is 0.0340 e. The van der Waals surface area contributed by atoms with E-state index in [4.69, 9.17) is 0 Å². The number of nitrogens with one attached hydrogen (secondary N) is 1. The summed E-state index contributed by atoms with van der Waals surface area (Å²) in [7, 11) is 0. The van der Waals surface area contributed by atoms with Crippen molar-refractivity contribution in [3.8, 4) is 0 Å². The fourth-order valence-corrected chi connectivity index (χ4v) is 2.41. The minimum atomic E-state index is 0.303. The summed E-state index contributed by atoms with van der Waals surface area (Å²) >= 11 is 0. The molecule has 1 rings (SSSR count). The van der Waals surface area contributed by atoms with E-state index in [1.54, 1.807) is 0 Å². The van der Waals surface area contributed by atoms with Gasteiger partial charge in [-0.2, -0.15) is 0 Å². The molecule has 0 atom stereocenters. The summed E-state index contributed by atoms with van der Waals surface area (Å²) in [6.45, 7) is 10.3. The third-order valence-corrected chi connectivity index (χ3v) is 3.93. The van der Waals surface area contributed by atoms with Gasteiger partial charge in [0.2, 0.25) is 0 Å². The molecule has 0 amide bonds. The largest absolute Gasteiger partial charge is 0.385 e. The van der Waals surface area contributed by atoms with Crippen LogP contribution < -0.4 is 5.32 Å². The third kappa shape index (κ3) is 5.67. The Morgan fingerprint density at radius 2 is 1.53 bits per heavy atom. The minimum Gasteiger partial charge on any atom is -0.385 e. The van der Waals surface area contributed by atoms with Gasteiger partial charge < -0.3 is 5.32 Å². The van der Waals surface area contributed by atoms with Crippen molar-refractivity contribution >= 4 is 5.69 Å². The van der Waals surface area contributed by atoms with Gasteiger partial charge in [-0.3, -0.25) is 0 Å². The van der Waals surface area contributed by atoms with Crippen LogP contribution in [0.25, 0.3) is 0 Å². The Kier molecular flexibility index (Phi) is 6.97. The number of hydrogen-bond acceptors (Lipinski definition) is 1. The molecular weight excluding hydrogens is 230 g/mol. The number of anilines is 1. The molecule has 1 aromatic carbocycles. The van der Waals surface area contributed by atoms with Gasteiger partial charge in [-0.15, -0.1) is 0 Å². The lowest BCUT2D eigenvalue weighted by molar-refractivity contribution is 0.450. The standard InChI is InChI=1S/C18H31N/c1-5-7-9-14-18(3,4)16-10-12-17(13-11-16)19-15-8-6-2/h10-13,19H,5-9,14-15H2,1-4H3. The number of unbranched alkanes of at least 4 members (excludes halogenated alkanes) is 3. The summed E-state index contributed by atoms with van der Waals surface area (Å²) in [5, 5.41) is 3.48. The van der Waals surface area contributed by atoms with E-state index >= 15 is 0 Å². The number of benzene rings is 1. The van der Waals surface area contributed by atoms with Crippen molar-refractivity contribution in [3.05, 3.63) is 29.8 Å². The van der Waals surface area contributed by atoms with Crippen molar-refractivity contribution in [2.45, 2.75) is 71.6 Å². The second-order valence-corrected chi connectivity index (χ2v) is 6.20. The summed E-state index contributed by atoms with van der Waals surface area (Å²) in [5.41, 5.74) is 3.02. The Labute approximate surface area is 119 Å². The van der Waals surface area contributed by atoms with Gasteiger partial charge in [0, 0.05) is 12.2 Å². The van der Waals surface area contributed by atoms with Crippen LogP contribution in [0.2, 0.25) is 0 Å². The summed E-state index contributed by atoms with van der Waals surface area (Å²) in [4.78, 5) is 0. The maximum absolute atomic E-state index is 3.48. The first kappa shape index (κ1) is 16.1. The molecule has 0 spiro atoms. The molecule has 0 aliphatic carbocycles. The van der Waals surface area contributed by atoms with E-state index in [1.165, 1.54) is 49.8 Å². The molecule has 0 aromatic heterocycles. The van der Waals surface area contributed by atoms with Crippen LogP contribution in [0.1, 0.15) is 71.8 Å². The first-order valence-electron chi connectivity index (χ1n) is 7.94. The zero-order valence-electron chi connectivity index (χ0n) is 13.3. The van der Waals surface area contributed by atoms with Crippen molar-refractivity contribution in [1.82, 2.24) is 0 Å². The Morgan fingerprint density at radius 1 is 0.895 bits per heavy atom. The highest BCUT2D eigenvalue weighted by molar-refractivity contribution is 5.45. The van der Waals surface area contributed by atoms with Gasteiger partial charge in [0.25, 0.3) is 0 Å². The molecule has 0 unspecified atom stereocenters. The van der Waals surface area contributed by atoms with Gasteiger partial charge in [-0.25, -0.2) is 0 Å². The van der Waals surface area contributed by atoms with Crippen molar-refractivity contribution in [2.75, 3.05) is 11.9 Å². The summed E-state index contributed by atoms with van der Waals surface area (Å²) < 4.78 is 0. The quantitative estimate of drug-likeness (QED) is 0.557. The molecule has 0 aliphatic rings. The van der Waals surface area contributed by atoms with E-state index in [2.05, 4.69) is 57.3 Å². The number of hydrogen-bond donors (Lipinski definition) is 1. The van der Waals surface area contributed by atoms with Crippen LogP contribution in [0.5, 0.6) is 0 Å². The van der Waals surface area contributed by atoms with Gasteiger partial charge in [-0.05, 0) is 36.0 Å². The van der Waals surface area contributed by atoms with Crippen molar-refractivity contribution < 1.29 is 0 Å². The van der Waals surface area contributed by atoms with E-state index < -0.39 is 0 Å². The Bertz CT molecular complexity index is 337. The van der Waals surface area contributed by atoms with Gasteiger partial charge in [0.05, 0.1) is 0 Å². The first-order valence-corrected chi connectivity index (χ1v) is 7.94. The highest BCUT2D eigenvalue weighted by Gasteiger charge is 2.19. The van der Waals surface area contributed by atoms with E-state index in [-0.39, 0.29) is 0 Å². The van der Waals surface area contributed by atoms with Crippen LogP contribution >= 0.6 is 0 Å². The lowest BCUT2D eigenvalue weighted by Crippen LogP contribution is -2.17. The maximum Gasteiger partial charge on any atom is 0.0340 e. The Balaban J connectivity index is 2.53. The van der Waals surface area contributed by atoms with Crippen molar-refractivity contribution in [1.29, 1.82) is 0 Å². The minimum absolute atomic E-state index is 0.303. The predicted octanol–water partition coefficient (Wildman–Crippen LogP) is 5.76. The van der Waals surface area contributed by atoms with E-state index in [9.17, 15) is 0 Å². The molecule has 0 saturated heterocycles. The SMILES string of the molecule is CCCCCC(C)(C)c1ccc(NCCCC)cc1. The molecule has 0 saturated carbocycles. The average molecular weight is 261 g/mol. The Morgan fingerprint density at radius 3 is 2.11 bits per heavy atom. The fourth-order valence-electron chi connectivity index (χ4n) is 2.41. The molecule has 0 fully saturated rings. The number of rotatable bonds is 9. The monoisotopic (exact) mass is 261 g/mol. The second kappa shape index (κ2) is 8.24. The molecule has 0 radical (unpaired) electrons. The van der Waals surface area contributed by atoms with Crippen LogP contribution in [0.15, 0.2) is 24.3 Å². The predicted molar refractivity (Wildman–Crippen MR) is 87.0 cm³/mol. The van der Waals surface area contributed by atoms with Crippen LogP contribution in [0.4, 0.5) is 5.69 Å². The topological polar surface area (TPSA) is 12.0 Å². The molecule has 1 N–H and O–H groups in total. The van der Waals surface area contributed by atoms with Crippen LogP contribution in [0.3, 0.4) is 0 Å². The van der Waals surface area contributed by atoms with Gasteiger partial charge >= 0.3 is 0 Å². The highest BCUT2D eigenvalue weighted by atomic mass is 14.9. The van der Waals surface area contributed by atoms with E-state index in [1.807, 2.05) is 0 Å². The molecule has 1 nitrogen and oxygen atoms in total. The Hall–Kier alpha value is -0.980. The third-order valence-electron chi connectivity index (χ3n) is 3.93. The molecule has 0 bridgehead atoms. The molecule has 108 valence electrons. The summed E-state index contributed by atoms with van der Waals surface area (Å²) in [6.07, 6.45) is 7.75. The average Bonchev–Trinajstić information content (AvgIpc) is 2.40. The van der Waals surface area contributed by atoms with Gasteiger partial charge in [-0.1, -0.05) is 65.5 Å². The highest BCUT2D eigenvalue weighted by Crippen LogP contribution is 2.30. The second-order valence-electron chi connectivity index (χ2n) is 6.20. The van der Waals surface area contributed by atoms with Crippen LogP contribution in [-0.2, 0) is 5.41 Å². The summed E-state index contributed by atoms with van der Waals surface area (Å²) in [6, 6.07) is 9.04. The van der Waals surface area contributed by atoms with Gasteiger partial charge in [0.1, 0.15) is 0 Å². The normalized spacial score (nSPS) is 11.6. The zero-order valence-corrected chi connectivity index (χ0v) is 13.3. The zero-order chi connectivity index (χ0) is 14.1. The van der Waals surface area contributed by atoms with Crippen LogP contribution in [-0.4, -0.2) is 6.54 Å². The van der Waals surface area contributed by atoms with E-state index in [0.717, 1.165) is 6.54 Å². The lowest BCUT2D eigenvalue weighted by Gasteiger charge is -2.25. The van der Waals surface area contributed by atoms with Gasteiger partial charge in [0.15, 0.2) is 0 Å². The van der Waals surface area contributed by atoms with E-state index in [0.29, 0.717) is 5.41 Å². The molecular formula is C18H31N. The molecule has 1 aromatic rings. The fraction of sp³-hybridized carbons (Fsp3) is 0.667. The molecule has 1 heteroatoms.